The number of piperazine rings is 1. The summed E-state index contributed by atoms with van der Waals surface area (Å²) >= 11 is 6.54. The first kappa shape index (κ1) is 50.8. The molecule has 2 saturated heterocycles. The molecule has 2 N–H and O–H groups in total. The van der Waals surface area contributed by atoms with Gasteiger partial charge in [0.1, 0.15) is 28.6 Å². The second-order valence-electron chi connectivity index (χ2n) is 18.5. The van der Waals surface area contributed by atoms with Crippen LogP contribution in [0.4, 0.5) is 30.2 Å². The number of nitro benzene ring substituents is 1. The molecule has 4 heterocycles. The number of nitrogens with one attached hydrogen (secondary N) is 2. The van der Waals surface area contributed by atoms with Crippen LogP contribution >= 0.6 is 11.6 Å². The van der Waals surface area contributed by atoms with Crippen LogP contribution in [0.25, 0.3) is 16.6 Å². The number of pyridine rings is 1. The van der Waals surface area contributed by atoms with Crippen molar-refractivity contribution in [1.29, 1.82) is 0 Å². The first-order valence-corrected chi connectivity index (χ1v) is 26.4. The molecule has 70 heavy (non-hydrogen) atoms. The summed E-state index contributed by atoms with van der Waals surface area (Å²) in [6.07, 6.45) is 0.425. The number of alkyl halides is 3. The molecule has 2 aromatic heterocycles. The summed E-state index contributed by atoms with van der Waals surface area (Å²) in [6, 6.07) is 15.2. The maximum absolute atomic E-state index is 14.1. The number of morpholine rings is 1. The van der Waals surface area contributed by atoms with Crippen LogP contribution in [-0.4, -0.2) is 123 Å². The van der Waals surface area contributed by atoms with E-state index in [1.54, 1.807) is 30.5 Å². The number of carbonyl (C=O) groups is 1. The van der Waals surface area contributed by atoms with Gasteiger partial charge in [-0.3, -0.25) is 19.8 Å². The first-order valence-electron chi connectivity index (χ1n) is 22.8. The second-order valence-corrected chi connectivity index (χ2v) is 23.2. The van der Waals surface area contributed by atoms with Gasteiger partial charge < -0.3 is 24.7 Å². The van der Waals surface area contributed by atoms with Crippen LogP contribution in [0.15, 0.2) is 89.6 Å². The third-order valence-electron chi connectivity index (χ3n) is 13.1. The number of hydrogen-bond acceptors (Lipinski definition) is 13. The van der Waals surface area contributed by atoms with Gasteiger partial charge in [-0.2, -0.15) is 17.5 Å². The van der Waals surface area contributed by atoms with Gasteiger partial charge in [-0.05, 0) is 91.3 Å². The Labute approximate surface area is 408 Å². The van der Waals surface area contributed by atoms with Crippen LogP contribution in [0.2, 0.25) is 5.02 Å². The summed E-state index contributed by atoms with van der Waals surface area (Å²) in [5.74, 6) is -1.58. The summed E-state index contributed by atoms with van der Waals surface area (Å²) in [7, 11) is -7.95. The fourth-order valence-electron chi connectivity index (χ4n) is 9.10. The number of carbonyl (C=O) groups excluding carboxylic acids is 1. The molecule has 0 bridgehead atoms. The molecule has 1 atom stereocenters. The Morgan fingerprint density at radius 3 is 2.51 bits per heavy atom. The maximum Gasteiger partial charge on any atom is 0.416 e. The Hall–Kier alpha value is -5.58. The summed E-state index contributed by atoms with van der Waals surface area (Å²) < 4.78 is 106. The minimum atomic E-state index is -4.51. The lowest BCUT2D eigenvalue weighted by Gasteiger charge is -2.39. The Balaban J connectivity index is 0.993. The van der Waals surface area contributed by atoms with Crippen LogP contribution in [0, 0.1) is 15.5 Å². The number of Topliss-reactive ketones (excluding diaryl/α,β-unsaturated/α-hetero) is 1. The normalized spacial score (nSPS) is 18.6. The number of aromatic amines is 1. The predicted octanol–water partition coefficient (Wildman–Crippen LogP) is 8.84. The van der Waals surface area contributed by atoms with Crippen molar-refractivity contribution in [3.05, 3.63) is 117 Å². The number of benzene rings is 3. The van der Waals surface area contributed by atoms with E-state index in [1.807, 2.05) is 0 Å². The molecule has 1 aliphatic carbocycles. The van der Waals surface area contributed by atoms with E-state index in [0.29, 0.717) is 56.0 Å². The zero-order valence-electron chi connectivity index (χ0n) is 38.7. The number of H-pyrrole nitrogens is 1. The van der Waals surface area contributed by atoms with E-state index >= 15 is 0 Å². The molecule has 22 heteroatoms. The molecule has 374 valence electrons. The Morgan fingerprint density at radius 1 is 1.03 bits per heavy atom. The molecular formula is C48H53ClF3N7O9S2. The Kier molecular flexibility index (Phi) is 14.7. The number of nitro groups is 1. The number of rotatable bonds is 16. The minimum absolute atomic E-state index is 0.00423. The summed E-state index contributed by atoms with van der Waals surface area (Å²) in [4.78, 5) is 36.9. The van der Waals surface area contributed by atoms with Crippen molar-refractivity contribution < 1.29 is 49.2 Å². The van der Waals surface area contributed by atoms with Gasteiger partial charge in [-0.15, -0.1) is 0 Å². The molecular weight excluding hydrogens is 975 g/mol. The molecule has 0 radical (unpaired) electrons. The number of ketones is 1. The van der Waals surface area contributed by atoms with Gasteiger partial charge in [0.2, 0.25) is 10.0 Å². The number of anilines is 2. The van der Waals surface area contributed by atoms with E-state index in [-0.39, 0.29) is 65.2 Å². The minimum Gasteiger partial charge on any atom is -0.455 e. The monoisotopic (exact) mass is 1030 g/mol. The van der Waals surface area contributed by atoms with E-state index in [4.69, 9.17) is 21.1 Å². The maximum atomic E-state index is 14.1. The number of sulfone groups is 1. The number of fused-ring (bicyclic) bond motifs is 1. The van der Waals surface area contributed by atoms with Crippen molar-refractivity contribution in [2.45, 2.75) is 57.2 Å². The first-order chi connectivity index (χ1) is 33.1. The smallest absolute Gasteiger partial charge is 0.416 e. The van der Waals surface area contributed by atoms with Crippen LogP contribution in [-0.2, 0) is 30.8 Å². The van der Waals surface area contributed by atoms with Gasteiger partial charge in [0.25, 0.3) is 5.69 Å². The average molecular weight is 1030 g/mol. The van der Waals surface area contributed by atoms with Gasteiger partial charge in [0.15, 0.2) is 15.6 Å². The highest BCUT2D eigenvalue weighted by molar-refractivity contribution is 7.92. The standard InChI is InChI=1S/C48H53ClF3N7O9S2/c1-4-70(65,66)58-19-20-67-36(29-58)27-54-42-10-7-37(24-43(42)59(61)62)69(63,64)30-44(60)39-9-6-34(23-45(39)68-35-21-31-12-14-53-46(31)55-26-35)57-17-15-56(16-18-57)28-32-11-13-47(2,3)25-40(32)38-8-5-33(22-41(38)49)48(50,51)52/h5-10,12,14,21-24,26,36,54H,4,11,13,15-20,25,27-30H2,1-3H3,(H,53,55). The molecule has 3 aromatic carbocycles. The number of allylic oxidation sites excluding steroid dienone is 1. The van der Waals surface area contributed by atoms with E-state index in [0.717, 1.165) is 47.6 Å². The highest BCUT2D eigenvalue weighted by atomic mass is 35.5. The fraction of sp³-hybridized carbons (Fsp3) is 0.417. The van der Waals surface area contributed by atoms with Crippen molar-refractivity contribution in [2.24, 2.45) is 5.41 Å². The summed E-state index contributed by atoms with van der Waals surface area (Å²) in [5.41, 5.74) is 2.57. The third kappa shape index (κ3) is 11.6. The van der Waals surface area contributed by atoms with Crippen molar-refractivity contribution in [2.75, 3.05) is 80.7 Å². The molecule has 2 fully saturated rings. The lowest BCUT2D eigenvalue weighted by Crippen LogP contribution is -2.48. The lowest BCUT2D eigenvalue weighted by atomic mass is 9.72. The van der Waals surface area contributed by atoms with Gasteiger partial charge >= 0.3 is 6.18 Å². The molecule has 0 amide bonds. The number of nitrogens with zero attached hydrogens (tertiary/aromatic N) is 5. The highest BCUT2D eigenvalue weighted by Crippen LogP contribution is 2.46. The molecule has 2 aliphatic heterocycles. The molecule has 1 unspecified atom stereocenters. The number of hydrogen-bond donors (Lipinski definition) is 2. The highest BCUT2D eigenvalue weighted by Gasteiger charge is 2.35. The van der Waals surface area contributed by atoms with Crippen molar-refractivity contribution >= 4 is 70.9 Å². The third-order valence-corrected chi connectivity index (χ3v) is 16.8. The van der Waals surface area contributed by atoms with Crippen LogP contribution in [0.1, 0.15) is 61.5 Å². The number of sulfonamides is 1. The van der Waals surface area contributed by atoms with Crippen molar-refractivity contribution in [3.8, 4) is 11.5 Å². The number of ether oxygens (including phenoxy) is 2. The van der Waals surface area contributed by atoms with Crippen LogP contribution < -0.4 is 15.0 Å². The fourth-order valence-corrected chi connectivity index (χ4v) is 11.7. The Bertz CT molecular complexity index is 3070. The van der Waals surface area contributed by atoms with Gasteiger partial charge in [-0.1, -0.05) is 37.1 Å². The lowest BCUT2D eigenvalue weighted by molar-refractivity contribution is -0.384. The molecule has 16 nitrogen and oxygen atoms in total. The van der Waals surface area contributed by atoms with Gasteiger partial charge in [-0.25, -0.2) is 21.8 Å². The second kappa shape index (κ2) is 20.3. The van der Waals surface area contributed by atoms with Crippen molar-refractivity contribution in [1.82, 2.24) is 19.2 Å². The molecule has 0 spiro atoms. The molecule has 0 saturated carbocycles. The van der Waals surface area contributed by atoms with E-state index < -0.39 is 64.7 Å². The van der Waals surface area contributed by atoms with Crippen LogP contribution in [0.5, 0.6) is 11.5 Å². The van der Waals surface area contributed by atoms with Crippen molar-refractivity contribution in [3.63, 3.8) is 0 Å². The molecule has 8 rings (SSSR count). The van der Waals surface area contributed by atoms with E-state index in [1.165, 1.54) is 41.7 Å². The topological polar surface area (TPSA) is 197 Å². The van der Waals surface area contributed by atoms with Crippen LogP contribution in [0.3, 0.4) is 0 Å². The SMILES string of the molecule is CCS(=O)(=O)N1CCOC(CNc2ccc(S(=O)(=O)CC(=O)c3ccc(N4CCN(CC5=C(c6ccc(C(F)(F)F)cc6Cl)CC(C)(C)CC5)CC4)cc3Oc3cnc4[nH]ccc4c3)cc2[N+](=O)[O-])C1. The van der Waals surface area contributed by atoms with Gasteiger partial charge in [0.05, 0.1) is 45.6 Å². The number of aromatic nitrogens is 2. The molecule has 3 aliphatic rings. The summed E-state index contributed by atoms with van der Waals surface area (Å²) in [5, 5.41) is 15.9. The number of halogens is 4. The average Bonchev–Trinajstić information content (AvgIpc) is 3.79. The molecule has 5 aromatic rings. The predicted molar refractivity (Wildman–Crippen MR) is 261 cm³/mol. The van der Waals surface area contributed by atoms with E-state index in [9.17, 15) is 44.9 Å². The largest absolute Gasteiger partial charge is 0.455 e. The quantitative estimate of drug-likeness (QED) is 0.0541. The zero-order chi connectivity index (χ0) is 50.2. The van der Waals surface area contributed by atoms with Gasteiger partial charge in [0, 0.05) is 86.8 Å². The summed E-state index contributed by atoms with van der Waals surface area (Å²) in [6.45, 7) is 9.24. The van der Waals surface area contributed by atoms with E-state index in [2.05, 4.69) is 38.9 Å². The Morgan fingerprint density at radius 2 is 1.80 bits per heavy atom. The zero-order valence-corrected chi connectivity index (χ0v) is 41.1.